The lowest BCUT2D eigenvalue weighted by molar-refractivity contribution is -0.139. The molecule has 2 heterocycles. The summed E-state index contributed by atoms with van der Waals surface area (Å²) in [6, 6.07) is 12.2. The van der Waals surface area contributed by atoms with E-state index < -0.39 is 0 Å². The molecule has 0 aliphatic carbocycles. The SMILES string of the molecule is Cc1ccn(CC(=O)N2CCO[C@@H](Cc3ccccc3)C2)n1. The highest BCUT2D eigenvalue weighted by molar-refractivity contribution is 5.76. The number of ether oxygens (including phenoxy) is 1. The number of benzene rings is 1. The van der Waals surface area contributed by atoms with E-state index in [0.29, 0.717) is 26.2 Å². The van der Waals surface area contributed by atoms with Crippen molar-refractivity contribution in [2.75, 3.05) is 19.7 Å². The second-order valence-electron chi connectivity index (χ2n) is 5.68. The van der Waals surface area contributed by atoms with Gasteiger partial charge in [0, 0.05) is 25.7 Å². The largest absolute Gasteiger partial charge is 0.374 e. The average Bonchev–Trinajstić information content (AvgIpc) is 2.93. The Bertz CT molecular complexity index is 624. The molecule has 5 nitrogen and oxygen atoms in total. The standard InChI is InChI=1S/C17H21N3O2/c1-14-7-8-20(18-14)13-17(21)19-9-10-22-16(12-19)11-15-5-3-2-4-6-15/h2-8,16H,9-13H2,1H3/t16-/m0/s1. The van der Waals surface area contributed by atoms with Crippen molar-refractivity contribution in [3.63, 3.8) is 0 Å². The minimum absolute atomic E-state index is 0.0689. The quantitative estimate of drug-likeness (QED) is 0.862. The molecule has 0 spiro atoms. The van der Waals surface area contributed by atoms with Crippen LogP contribution in [0, 0.1) is 6.92 Å². The smallest absolute Gasteiger partial charge is 0.244 e. The van der Waals surface area contributed by atoms with E-state index >= 15 is 0 Å². The van der Waals surface area contributed by atoms with Gasteiger partial charge in [0.1, 0.15) is 6.54 Å². The maximum Gasteiger partial charge on any atom is 0.244 e. The summed E-state index contributed by atoms with van der Waals surface area (Å²) in [4.78, 5) is 14.3. The van der Waals surface area contributed by atoms with Gasteiger partial charge in [0.15, 0.2) is 0 Å². The van der Waals surface area contributed by atoms with Crippen LogP contribution in [0.1, 0.15) is 11.3 Å². The molecule has 0 bridgehead atoms. The number of carbonyl (C=O) groups is 1. The third-order valence-corrected chi connectivity index (χ3v) is 3.87. The third-order valence-electron chi connectivity index (χ3n) is 3.87. The Morgan fingerprint density at radius 1 is 1.32 bits per heavy atom. The Hall–Kier alpha value is -2.14. The molecule has 0 saturated carbocycles. The van der Waals surface area contributed by atoms with E-state index in [-0.39, 0.29) is 12.0 Å². The molecular weight excluding hydrogens is 278 g/mol. The summed E-state index contributed by atoms with van der Waals surface area (Å²) in [5.41, 5.74) is 2.17. The van der Waals surface area contributed by atoms with Gasteiger partial charge in [-0.05, 0) is 18.6 Å². The van der Waals surface area contributed by atoms with Crippen LogP contribution in [0.2, 0.25) is 0 Å². The number of carbonyl (C=O) groups excluding carboxylic acids is 1. The molecule has 0 N–H and O–H groups in total. The van der Waals surface area contributed by atoms with E-state index in [1.54, 1.807) is 4.68 Å². The molecule has 5 heteroatoms. The van der Waals surface area contributed by atoms with Crippen LogP contribution in [0.25, 0.3) is 0 Å². The van der Waals surface area contributed by atoms with E-state index in [4.69, 9.17) is 4.74 Å². The number of aryl methyl sites for hydroxylation is 1. The topological polar surface area (TPSA) is 47.4 Å². The van der Waals surface area contributed by atoms with Crippen LogP contribution < -0.4 is 0 Å². The number of rotatable bonds is 4. The summed E-state index contributed by atoms with van der Waals surface area (Å²) in [7, 11) is 0. The molecule has 1 aromatic carbocycles. The molecule has 0 radical (unpaired) electrons. The first-order valence-electron chi connectivity index (χ1n) is 7.64. The van der Waals surface area contributed by atoms with Crippen LogP contribution in [-0.2, 0) is 22.5 Å². The molecule has 1 fully saturated rings. The van der Waals surface area contributed by atoms with Crippen molar-refractivity contribution >= 4 is 5.91 Å². The lowest BCUT2D eigenvalue weighted by atomic mass is 10.1. The lowest BCUT2D eigenvalue weighted by Gasteiger charge is -2.33. The van der Waals surface area contributed by atoms with Gasteiger partial charge in [-0.3, -0.25) is 9.48 Å². The van der Waals surface area contributed by atoms with Gasteiger partial charge in [-0.2, -0.15) is 5.10 Å². The zero-order valence-corrected chi connectivity index (χ0v) is 12.8. The summed E-state index contributed by atoms with van der Waals surface area (Å²) in [5, 5.41) is 4.27. The van der Waals surface area contributed by atoms with E-state index in [9.17, 15) is 4.79 Å². The minimum atomic E-state index is 0.0689. The van der Waals surface area contributed by atoms with Crippen molar-refractivity contribution in [3.8, 4) is 0 Å². The Kier molecular flexibility index (Phi) is 4.53. The van der Waals surface area contributed by atoms with Gasteiger partial charge in [0.2, 0.25) is 5.91 Å². The maximum atomic E-state index is 12.4. The van der Waals surface area contributed by atoms with E-state index in [2.05, 4.69) is 17.2 Å². The van der Waals surface area contributed by atoms with Crippen LogP contribution in [0.5, 0.6) is 0 Å². The van der Waals surface area contributed by atoms with Gasteiger partial charge in [-0.1, -0.05) is 30.3 Å². The van der Waals surface area contributed by atoms with Crippen molar-refractivity contribution in [3.05, 3.63) is 53.9 Å². The van der Waals surface area contributed by atoms with Gasteiger partial charge in [0.25, 0.3) is 0 Å². The Morgan fingerprint density at radius 2 is 2.14 bits per heavy atom. The molecule has 0 unspecified atom stereocenters. The number of hydrogen-bond acceptors (Lipinski definition) is 3. The highest BCUT2D eigenvalue weighted by Crippen LogP contribution is 2.12. The van der Waals surface area contributed by atoms with Gasteiger partial charge < -0.3 is 9.64 Å². The summed E-state index contributed by atoms with van der Waals surface area (Å²) in [5.74, 6) is 0.101. The normalized spacial score (nSPS) is 18.4. The van der Waals surface area contributed by atoms with E-state index in [1.165, 1.54) is 5.56 Å². The molecule has 1 aliphatic rings. The first-order chi connectivity index (χ1) is 10.7. The maximum absolute atomic E-state index is 12.4. The zero-order valence-electron chi connectivity index (χ0n) is 12.8. The van der Waals surface area contributed by atoms with E-state index in [1.807, 2.05) is 42.3 Å². The molecule has 22 heavy (non-hydrogen) atoms. The number of nitrogens with zero attached hydrogens (tertiary/aromatic N) is 3. The molecule has 116 valence electrons. The molecular formula is C17H21N3O2. The molecule has 1 saturated heterocycles. The van der Waals surface area contributed by atoms with Crippen molar-refractivity contribution in [1.29, 1.82) is 0 Å². The second kappa shape index (κ2) is 6.75. The van der Waals surface area contributed by atoms with Gasteiger partial charge >= 0.3 is 0 Å². The Labute approximate surface area is 130 Å². The molecule has 1 atom stereocenters. The fourth-order valence-corrected chi connectivity index (χ4v) is 2.74. The van der Waals surface area contributed by atoms with Crippen LogP contribution in [-0.4, -0.2) is 46.4 Å². The second-order valence-corrected chi connectivity index (χ2v) is 5.68. The molecule has 1 aliphatic heterocycles. The summed E-state index contributed by atoms with van der Waals surface area (Å²) >= 11 is 0. The number of morpholine rings is 1. The first-order valence-corrected chi connectivity index (χ1v) is 7.64. The molecule has 3 rings (SSSR count). The van der Waals surface area contributed by atoms with Crippen LogP contribution in [0.3, 0.4) is 0 Å². The molecule has 1 amide bonds. The predicted octanol–water partition coefficient (Wildman–Crippen LogP) is 1.66. The Morgan fingerprint density at radius 3 is 2.86 bits per heavy atom. The predicted molar refractivity (Wildman–Crippen MR) is 83.4 cm³/mol. The summed E-state index contributed by atoms with van der Waals surface area (Å²) in [6.45, 7) is 4.12. The highest BCUT2D eigenvalue weighted by Gasteiger charge is 2.24. The Balaban J connectivity index is 1.57. The van der Waals surface area contributed by atoms with Crippen molar-refractivity contribution in [1.82, 2.24) is 14.7 Å². The van der Waals surface area contributed by atoms with Crippen molar-refractivity contribution < 1.29 is 9.53 Å². The summed E-state index contributed by atoms with van der Waals surface area (Å²) in [6.07, 6.45) is 2.75. The van der Waals surface area contributed by atoms with E-state index in [0.717, 1.165) is 12.1 Å². The molecule has 1 aromatic heterocycles. The monoisotopic (exact) mass is 299 g/mol. The van der Waals surface area contributed by atoms with Crippen LogP contribution in [0.15, 0.2) is 42.6 Å². The third kappa shape index (κ3) is 3.74. The van der Waals surface area contributed by atoms with Crippen LogP contribution >= 0.6 is 0 Å². The number of aromatic nitrogens is 2. The lowest BCUT2D eigenvalue weighted by Crippen LogP contribution is -2.47. The van der Waals surface area contributed by atoms with Crippen molar-refractivity contribution in [2.45, 2.75) is 26.0 Å². The van der Waals surface area contributed by atoms with Crippen LogP contribution in [0.4, 0.5) is 0 Å². The van der Waals surface area contributed by atoms with Gasteiger partial charge in [-0.15, -0.1) is 0 Å². The number of amides is 1. The first kappa shape index (κ1) is 14.8. The van der Waals surface area contributed by atoms with Gasteiger partial charge in [0.05, 0.1) is 18.4 Å². The molecule has 2 aromatic rings. The zero-order chi connectivity index (χ0) is 15.4. The van der Waals surface area contributed by atoms with Gasteiger partial charge in [-0.25, -0.2) is 0 Å². The highest BCUT2D eigenvalue weighted by atomic mass is 16.5. The summed E-state index contributed by atoms with van der Waals surface area (Å²) < 4.78 is 7.49. The van der Waals surface area contributed by atoms with Crippen molar-refractivity contribution in [2.24, 2.45) is 0 Å². The fraction of sp³-hybridized carbons (Fsp3) is 0.412. The number of hydrogen-bond donors (Lipinski definition) is 0. The average molecular weight is 299 g/mol. The minimum Gasteiger partial charge on any atom is -0.374 e. The fourth-order valence-electron chi connectivity index (χ4n) is 2.74.